The van der Waals surface area contributed by atoms with Crippen LogP contribution in [-0.2, 0) is 9.59 Å². The lowest BCUT2D eigenvalue weighted by Gasteiger charge is -2.38. The number of rotatable bonds is 10. The van der Waals surface area contributed by atoms with E-state index in [4.69, 9.17) is 0 Å². The van der Waals surface area contributed by atoms with Crippen LogP contribution < -0.4 is 0 Å². The third kappa shape index (κ3) is 5.77. The molecule has 2 aromatic rings. The highest BCUT2D eigenvalue weighted by molar-refractivity contribution is 6.05. The SMILES string of the molecule is CCCN1C(=O)[C@@H]2[C@@H](CC(C(C)C)=C([C@H](O)CC/C(=C/c3cc(C)c(O)c(C)c3)c3ccccn3)[C@@H]2CO)C1=O. The largest absolute Gasteiger partial charge is 0.507 e. The van der Waals surface area contributed by atoms with E-state index in [1.165, 1.54) is 4.90 Å². The van der Waals surface area contributed by atoms with Gasteiger partial charge in [0, 0.05) is 18.7 Å². The van der Waals surface area contributed by atoms with Crippen LogP contribution >= 0.6 is 0 Å². The van der Waals surface area contributed by atoms with Gasteiger partial charge in [-0.3, -0.25) is 19.5 Å². The Hall–Kier alpha value is -3.29. The van der Waals surface area contributed by atoms with Crippen molar-refractivity contribution in [1.29, 1.82) is 0 Å². The molecule has 7 heteroatoms. The molecule has 1 aromatic heterocycles. The topological polar surface area (TPSA) is 111 Å². The summed E-state index contributed by atoms with van der Waals surface area (Å²) in [6.45, 7) is 9.83. The molecular weight excluding hydrogens is 504 g/mol. The molecule has 2 amide bonds. The third-order valence-electron chi connectivity index (χ3n) is 8.45. The number of aliphatic hydroxyl groups excluding tert-OH is 2. The van der Waals surface area contributed by atoms with Crippen molar-refractivity contribution in [3.63, 3.8) is 0 Å². The maximum Gasteiger partial charge on any atom is 0.233 e. The fraction of sp³-hybridized carbons (Fsp3) is 0.485. The average Bonchev–Trinajstić information content (AvgIpc) is 3.17. The molecule has 7 nitrogen and oxygen atoms in total. The number of aromatic nitrogens is 1. The fourth-order valence-electron chi connectivity index (χ4n) is 6.50. The lowest BCUT2D eigenvalue weighted by molar-refractivity contribution is -0.140. The highest BCUT2D eigenvalue weighted by Gasteiger charge is 2.54. The van der Waals surface area contributed by atoms with Crippen LogP contribution in [0.4, 0.5) is 0 Å². The second-order valence-electron chi connectivity index (χ2n) is 11.5. The maximum atomic E-state index is 13.3. The van der Waals surface area contributed by atoms with Gasteiger partial charge in [0.15, 0.2) is 0 Å². The molecule has 1 aliphatic carbocycles. The van der Waals surface area contributed by atoms with E-state index < -0.39 is 23.9 Å². The van der Waals surface area contributed by atoms with Gasteiger partial charge in [-0.25, -0.2) is 0 Å². The molecule has 40 heavy (non-hydrogen) atoms. The number of phenols is 1. The first-order valence-corrected chi connectivity index (χ1v) is 14.4. The van der Waals surface area contributed by atoms with Crippen molar-refractivity contribution in [3.05, 3.63) is 70.1 Å². The number of amides is 2. The summed E-state index contributed by atoms with van der Waals surface area (Å²) in [5, 5.41) is 32.4. The van der Waals surface area contributed by atoms with E-state index >= 15 is 0 Å². The molecular formula is C33H42N2O5. The van der Waals surface area contributed by atoms with Crippen molar-refractivity contribution in [2.24, 2.45) is 23.7 Å². The highest BCUT2D eigenvalue weighted by Crippen LogP contribution is 2.48. The molecule has 0 unspecified atom stereocenters. The van der Waals surface area contributed by atoms with E-state index in [1.54, 1.807) is 6.20 Å². The number of hydrogen-bond acceptors (Lipinski definition) is 6. The zero-order valence-electron chi connectivity index (χ0n) is 24.2. The molecule has 0 spiro atoms. The lowest BCUT2D eigenvalue weighted by Crippen LogP contribution is -2.39. The van der Waals surface area contributed by atoms with Crippen molar-refractivity contribution < 1.29 is 24.9 Å². The number of allylic oxidation sites excluding steroid dienone is 2. The Kier molecular flexibility index (Phi) is 9.26. The number of carbonyl (C=O) groups excluding carboxylic acids is 2. The first kappa shape index (κ1) is 29.7. The molecule has 1 fully saturated rings. The maximum absolute atomic E-state index is 13.3. The summed E-state index contributed by atoms with van der Waals surface area (Å²) >= 11 is 0. The number of imide groups is 1. The normalized spacial score (nSPS) is 22.4. The zero-order valence-corrected chi connectivity index (χ0v) is 24.2. The van der Waals surface area contributed by atoms with Crippen LogP contribution in [0.25, 0.3) is 11.6 Å². The number of fused-ring (bicyclic) bond motifs is 1. The number of benzene rings is 1. The molecule has 0 bridgehead atoms. The minimum Gasteiger partial charge on any atom is -0.507 e. The molecule has 4 atom stereocenters. The van der Waals surface area contributed by atoms with Gasteiger partial charge in [0.2, 0.25) is 11.8 Å². The second kappa shape index (κ2) is 12.5. The van der Waals surface area contributed by atoms with Crippen LogP contribution in [-0.4, -0.2) is 56.3 Å². The summed E-state index contributed by atoms with van der Waals surface area (Å²) in [5.41, 5.74) is 5.93. The number of likely N-dealkylation sites (tertiary alicyclic amines) is 1. The monoisotopic (exact) mass is 546 g/mol. The first-order chi connectivity index (χ1) is 19.1. The molecule has 0 radical (unpaired) electrons. The van der Waals surface area contributed by atoms with Gasteiger partial charge in [-0.15, -0.1) is 0 Å². The van der Waals surface area contributed by atoms with Gasteiger partial charge >= 0.3 is 0 Å². The van der Waals surface area contributed by atoms with Gasteiger partial charge in [-0.05, 0) is 104 Å². The standard InChI is InChI=1S/C33H42N2O5/c1-6-13-35-32(39)25-17-24(19(2)3)29(26(18-36)30(25)33(35)40)28(37)11-10-23(27-9-7-8-12-34-27)16-22-14-20(4)31(38)21(5)15-22/h7-9,12,14-16,19,25-26,28,30,36-38H,6,10-11,13,17-18H2,1-5H3/b23-16-/t25-,26+,28-,30-/m1/s1. The Balaban J connectivity index is 1.67. The number of aromatic hydroxyl groups is 1. The summed E-state index contributed by atoms with van der Waals surface area (Å²) in [6, 6.07) is 9.57. The Bertz CT molecular complexity index is 1290. The van der Waals surface area contributed by atoms with E-state index in [0.717, 1.165) is 39.1 Å². The summed E-state index contributed by atoms with van der Waals surface area (Å²) < 4.78 is 0. The molecule has 1 aliphatic heterocycles. The predicted octanol–water partition coefficient (Wildman–Crippen LogP) is 5.06. The quantitative estimate of drug-likeness (QED) is 0.284. The fourth-order valence-corrected chi connectivity index (χ4v) is 6.50. The van der Waals surface area contributed by atoms with Crippen LogP contribution in [0.2, 0.25) is 0 Å². The van der Waals surface area contributed by atoms with Crippen LogP contribution in [0.5, 0.6) is 5.75 Å². The summed E-state index contributed by atoms with van der Waals surface area (Å²) in [6.07, 6.45) is 4.89. The minimum atomic E-state index is -0.881. The molecule has 4 rings (SSSR count). The number of pyridine rings is 1. The summed E-state index contributed by atoms with van der Waals surface area (Å²) in [4.78, 5) is 32.4. The van der Waals surface area contributed by atoms with Crippen LogP contribution in [0.3, 0.4) is 0 Å². The van der Waals surface area contributed by atoms with Crippen LogP contribution in [0.1, 0.15) is 68.8 Å². The first-order valence-electron chi connectivity index (χ1n) is 14.4. The van der Waals surface area contributed by atoms with Gasteiger partial charge in [-0.1, -0.05) is 32.4 Å². The van der Waals surface area contributed by atoms with Gasteiger partial charge in [0.25, 0.3) is 0 Å². The van der Waals surface area contributed by atoms with E-state index in [1.807, 2.05) is 71.0 Å². The van der Waals surface area contributed by atoms with E-state index in [9.17, 15) is 24.9 Å². The number of carbonyl (C=O) groups is 2. The smallest absolute Gasteiger partial charge is 0.233 e. The number of hydrogen-bond donors (Lipinski definition) is 3. The summed E-state index contributed by atoms with van der Waals surface area (Å²) in [7, 11) is 0. The van der Waals surface area contributed by atoms with Crippen LogP contribution in [0, 0.1) is 37.5 Å². The number of nitrogens with zero attached hydrogens (tertiary/aromatic N) is 2. The van der Waals surface area contributed by atoms with Gasteiger partial charge in [0.05, 0.1) is 30.2 Å². The Morgan fingerprint density at radius 2 is 1.85 bits per heavy atom. The molecule has 2 aliphatic rings. The van der Waals surface area contributed by atoms with Crippen molar-refractivity contribution in [3.8, 4) is 5.75 Å². The van der Waals surface area contributed by atoms with Gasteiger partial charge < -0.3 is 15.3 Å². The molecule has 2 heterocycles. The Labute approximate surface area is 237 Å². The van der Waals surface area contributed by atoms with E-state index in [0.29, 0.717) is 32.2 Å². The lowest BCUT2D eigenvalue weighted by atomic mass is 9.66. The average molecular weight is 547 g/mol. The van der Waals surface area contributed by atoms with Crippen molar-refractivity contribution in [2.45, 2.75) is 66.4 Å². The number of aliphatic hydroxyl groups is 2. The number of phenolic OH excluding ortho intramolecular Hbond substituents is 1. The van der Waals surface area contributed by atoms with E-state index in [2.05, 4.69) is 4.98 Å². The molecule has 0 saturated carbocycles. The second-order valence-corrected chi connectivity index (χ2v) is 11.5. The Morgan fingerprint density at radius 1 is 1.15 bits per heavy atom. The minimum absolute atomic E-state index is 0.0662. The van der Waals surface area contributed by atoms with Gasteiger partial charge in [0.1, 0.15) is 5.75 Å². The molecule has 214 valence electrons. The van der Waals surface area contributed by atoms with Crippen molar-refractivity contribution >= 4 is 23.5 Å². The van der Waals surface area contributed by atoms with Crippen molar-refractivity contribution in [2.75, 3.05) is 13.2 Å². The Morgan fingerprint density at radius 3 is 2.42 bits per heavy atom. The third-order valence-corrected chi connectivity index (χ3v) is 8.45. The van der Waals surface area contributed by atoms with E-state index in [-0.39, 0.29) is 30.1 Å². The predicted molar refractivity (Wildman–Crippen MR) is 156 cm³/mol. The molecule has 1 aromatic carbocycles. The van der Waals surface area contributed by atoms with Crippen molar-refractivity contribution in [1.82, 2.24) is 9.88 Å². The van der Waals surface area contributed by atoms with Gasteiger partial charge in [-0.2, -0.15) is 0 Å². The molecule has 1 saturated heterocycles. The zero-order chi connectivity index (χ0) is 29.1. The number of aryl methyl sites for hydroxylation is 2. The van der Waals surface area contributed by atoms with Crippen LogP contribution in [0.15, 0.2) is 47.7 Å². The summed E-state index contributed by atoms with van der Waals surface area (Å²) in [5.74, 6) is -1.73. The molecule has 3 N–H and O–H groups in total. The highest BCUT2D eigenvalue weighted by atomic mass is 16.3.